The van der Waals surface area contributed by atoms with E-state index in [2.05, 4.69) is 17.4 Å². The highest BCUT2D eigenvalue weighted by Crippen LogP contribution is 2.22. The summed E-state index contributed by atoms with van der Waals surface area (Å²) in [5.41, 5.74) is 8.11. The number of nitrogens with one attached hydrogen (secondary N) is 1. The number of rotatable bonds is 6. The minimum Gasteiger partial charge on any atom is -0.397 e. The number of hydrogen-bond donors (Lipinski definition) is 2. The summed E-state index contributed by atoms with van der Waals surface area (Å²) in [6.45, 7) is 0. The maximum Gasteiger partial charge on any atom is 0.225 e. The number of carbonyl (C=O) groups excluding carboxylic acids is 1. The van der Waals surface area contributed by atoms with Crippen LogP contribution in [0.3, 0.4) is 0 Å². The Bertz CT molecular complexity index is 604. The third-order valence-electron chi connectivity index (χ3n) is 2.86. The van der Waals surface area contributed by atoms with E-state index in [0.717, 1.165) is 11.5 Å². The third-order valence-corrected chi connectivity index (χ3v) is 4.24. The van der Waals surface area contributed by atoms with E-state index in [0.29, 0.717) is 22.8 Å². The first kappa shape index (κ1) is 15.7. The quantitative estimate of drug-likeness (QED) is 0.620. The zero-order chi connectivity index (χ0) is 15.1. The molecule has 1 amide bonds. The first-order valence-electron chi connectivity index (χ1n) is 6.61. The van der Waals surface area contributed by atoms with Gasteiger partial charge in [0.05, 0.1) is 10.7 Å². The van der Waals surface area contributed by atoms with Crippen molar-refractivity contribution in [3.63, 3.8) is 0 Å². The molecule has 0 saturated carbocycles. The Labute approximate surface area is 133 Å². The summed E-state index contributed by atoms with van der Waals surface area (Å²) in [6, 6.07) is 15.3. The molecule has 0 heterocycles. The smallest absolute Gasteiger partial charge is 0.225 e. The summed E-state index contributed by atoms with van der Waals surface area (Å²) < 4.78 is 0. The Kier molecular flexibility index (Phi) is 5.96. The normalized spacial score (nSPS) is 10.3. The number of carbonyl (C=O) groups is 1. The molecule has 0 aliphatic carbocycles. The third kappa shape index (κ3) is 5.33. The number of benzene rings is 2. The minimum atomic E-state index is -0.0164. The van der Waals surface area contributed by atoms with Crippen molar-refractivity contribution in [3.8, 4) is 0 Å². The molecular formula is C16H17ClN2OS. The molecule has 0 saturated heterocycles. The Morgan fingerprint density at radius 1 is 1.19 bits per heavy atom. The van der Waals surface area contributed by atoms with Crippen molar-refractivity contribution in [2.75, 3.05) is 16.8 Å². The van der Waals surface area contributed by atoms with Crippen LogP contribution in [0.5, 0.6) is 0 Å². The van der Waals surface area contributed by atoms with Gasteiger partial charge in [-0.05, 0) is 23.8 Å². The van der Waals surface area contributed by atoms with Gasteiger partial charge in [0.1, 0.15) is 0 Å². The number of nitrogen functional groups attached to an aromatic ring is 1. The van der Waals surface area contributed by atoms with Crippen molar-refractivity contribution < 1.29 is 4.79 Å². The molecule has 2 aromatic carbocycles. The predicted molar refractivity (Wildman–Crippen MR) is 91.7 cm³/mol. The highest BCUT2D eigenvalue weighted by atomic mass is 35.5. The highest BCUT2D eigenvalue weighted by Gasteiger charge is 2.04. The minimum absolute atomic E-state index is 0.0164. The molecule has 2 aromatic rings. The van der Waals surface area contributed by atoms with Crippen molar-refractivity contribution in [2.24, 2.45) is 0 Å². The molecule has 0 unspecified atom stereocenters. The first-order chi connectivity index (χ1) is 10.1. The standard InChI is InChI=1S/C16H17ClN2OS/c17-14-7-6-13(10-15(14)18)19-16(20)8-9-21-11-12-4-2-1-3-5-12/h1-7,10H,8-9,11,18H2,(H,19,20). The van der Waals surface area contributed by atoms with Crippen LogP contribution in [0, 0.1) is 0 Å². The van der Waals surface area contributed by atoms with E-state index < -0.39 is 0 Å². The van der Waals surface area contributed by atoms with Crippen LogP contribution in [0.25, 0.3) is 0 Å². The second-order valence-electron chi connectivity index (χ2n) is 4.57. The van der Waals surface area contributed by atoms with E-state index in [1.165, 1.54) is 5.56 Å². The summed E-state index contributed by atoms with van der Waals surface area (Å²) in [6.07, 6.45) is 0.472. The zero-order valence-electron chi connectivity index (χ0n) is 11.5. The van der Waals surface area contributed by atoms with Crippen LogP contribution in [0.15, 0.2) is 48.5 Å². The maximum absolute atomic E-state index is 11.8. The number of amides is 1. The topological polar surface area (TPSA) is 55.1 Å². The molecule has 0 aromatic heterocycles. The monoisotopic (exact) mass is 320 g/mol. The molecule has 0 aliphatic rings. The fraction of sp³-hybridized carbons (Fsp3) is 0.188. The lowest BCUT2D eigenvalue weighted by molar-refractivity contribution is -0.115. The van der Waals surface area contributed by atoms with Crippen LogP contribution in [0.4, 0.5) is 11.4 Å². The average Bonchev–Trinajstić information content (AvgIpc) is 2.49. The summed E-state index contributed by atoms with van der Waals surface area (Å²) in [5.74, 6) is 1.68. The van der Waals surface area contributed by atoms with Gasteiger partial charge in [0.2, 0.25) is 5.91 Å². The van der Waals surface area contributed by atoms with E-state index in [-0.39, 0.29) is 5.91 Å². The Morgan fingerprint density at radius 2 is 1.95 bits per heavy atom. The molecule has 2 rings (SSSR count). The second kappa shape index (κ2) is 7.96. The van der Waals surface area contributed by atoms with E-state index in [9.17, 15) is 4.79 Å². The molecule has 0 atom stereocenters. The molecule has 5 heteroatoms. The number of halogens is 1. The largest absolute Gasteiger partial charge is 0.397 e. The number of hydrogen-bond acceptors (Lipinski definition) is 3. The summed E-state index contributed by atoms with van der Waals surface area (Å²) >= 11 is 7.58. The lowest BCUT2D eigenvalue weighted by atomic mass is 10.2. The Balaban J connectivity index is 1.71. The molecule has 110 valence electrons. The molecule has 3 nitrogen and oxygen atoms in total. The second-order valence-corrected chi connectivity index (χ2v) is 6.09. The van der Waals surface area contributed by atoms with Gasteiger partial charge >= 0.3 is 0 Å². The summed E-state index contributed by atoms with van der Waals surface area (Å²) in [4.78, 5) is 11.8. The lowest BCUT2D eigenvalue weighted by Crippen LogP contribution is -2.12. The van der Waals surface area contributed by atoms with E-state index in [4.69, 9.17) is 17.3 Å². The fourth-order valence-corrected chi connectivity index (χ4v) is 2.79. The van der Waals surface area contributed by atoms with Crippen LogP contribution >= 0.6 is 23.4 Å². The molecule has 0 spiro atoms. The van der Waals surface area contributed by atoms with Gasteiger partial charge in [0.15, 0.2) is 0 Å². The van der Waals surface area contributed by atoms with Gasteiger partial charge in [0, 0.05) is 23.6 Å². The zero-order valence-corrected chi connectivity index (χ0v) is 13.1. The van der Waals surface area contributed by atoms with Gasteiger partial charge in [-0.25, -0.2) is 0 Å². The van der Waals surface area contributed by atoms with Gasteiger partial charge in [-0.1, -0.05) is 41.9 Å². The van der Waals surface area contributed by atoms with Crippen LogP contribution in [-0.2, 0) is 10.5 Å². The number of anilines is 2. The van der Waals surface area contributed by atoms with Crippen LogP contribution in [0.1, 0.15) is 12.0 Å². The molecule has 21 heavy (non-hydrogen) atoms. The lowest BCUT2D eigenvalue weighted by Gasteiger charge is -2.07. The van der Waals surface area contributed by atoms with Crippen molar-refractivity contribution in [1.82, 2.24) is 0 Å². The van der Waals surface area contributed by atoms with Gasteiger partial charge in [-0.3, -0.25) is 4.79 Å². The van der Waals surface area contributed by atoms with Crippen molar-refractivity contribution >= 4 is 40.6 Å². The van der Waals surface area contributed by atoms with E-state index in [1.54, 1.807) is 30.0 Å². The molecule has 3 N–H and O–H groups in total. The molecule has 0 aliphatic heterocycles. The molecule has 0 fully saturated rings. The van der Waals surface area contributed by atoms with Gasteiger partial charge in [-0.15, -0.1) is 0 Å². The summed E-state index contributed by atoms with van der Waals surface area (Å²) in [7, 11) is 0. The maximum atomic E-state index is 11.8. The number of nitrogens with two attached hydrogens (primary N) is 1. The van der Waals surface area contributed by atoms with Crippen molar-refractivity contribution in [3.05, 3.63) is 59.1 Å². The average molecular weight is 321 g/mol. The van der Waals surface area contributed by atoms with Crippen molar-refractivity contribution in [1.29, 1.82) is 0 Å². The Hall–Kier alpha value is -1.65. The molecule has 0 radical (unpaired) electrons. The molecular weight excluding hydrogens is 304 g/mol. The predicted octanol–water partition coefficient (Wildman–Crippen LogP) is 4.18. The van der Waals surface area contributed by atoms with Crippen LogP contribution in [0.2, 0.25) is 5.02 Å². The Morgan fingerprint density at radius 3 is 2.67 bits per heavy atom. The van der Waals surface area contributed by atoms with Crippen LogP contribution < -0.4 is 11.1 Å². The van der Waals surface area contributed by atoms with E-state index in [1.807, 2.05) is 18.2 Å². The fourth-order valence-electron chi connectivity index (χ4n) is 1.77. The van der Waals surface area contributed by atoms with E-state index >= 15 is 0 Å². The van der Waals surface area contributed by atoms with Gasteiger partial charge in [-0.2, -0.15) is 11.8 Å². The highest BCUT2D eigenvalue weighted by molar-refractivity contribution is 7.98. The SMILES string of the molecule is Nc1cc(NC(=O)CCSCc2ccccc2)ccc1Cl. The molecule has 0 bridgehead atoms. The van der Waals surface area contributed by atoms with Gasteiger partial charge in [0.25, 0.3) is 0 Å². The first-order valence-corrected chi connectivity index (χ1v) is 8.15. The summed E-state index contributed by atoms with van der Waals surface area (Å²) in [5, 5.41) is 3.31. The number of thioether (sulfide) groups is 1. The van der Waals surface area contributed by atoms with Crippen LogP contribution in [-0.4, -0.2) is 11.7 Å². The van der Waals surface area contributed by atoms with Crippen molar-refractivity contribution in [2.45, 2.75) is 12.2 Å². The van der Waals surface area contributed by atoms with Gasteiger partial charge < -0.3 is 11.1 Å².